The van der Waals surface area contributed by atoms with Crippen LogP contribution < -0.4 is 20.1 Å². The van der Waals surface area contributed by atoms with E-state index in [2.05, 4.69) is 20.7 Å². The molecular weight excluding hydrogens is 398 g/mol. The number of nitrogens with one attached hydrogen (secondary N) is 2. The molecule has 0 aliphatic rings. The molecule has 0 radical (unpaired) electrons. The SMILES string of the molecule is COc1ccc(NC(C)=O)c(NC(=O)CCc2c(C)nc3c(c(OC)nn3C)c2C)c1. The highest BCUT2D eigenvalue weighted by molar-refractivity contribution is 5.99. The predicted octanol–water partition coefficient (Wildman–Crippen LogP) is 3.13. The van der Waals surface area contributed by atoms with E-state index in [9.17, 15) is 9.59 Å². The molecular formula is C22H27N5O4. The van der Waals surface area contributed by atoms with Gasteiger partial charge in [0.25, 0.3) is 0 Å². The van der Waals surface area contributed by atoms with Crippen molar-refractivity contribution in [3.05, 3.63) is 35.0 Å². The normalized spacial score (nSPS) is 10.8. The summed E-state index contributed by atoms with van der Waals surface area (Å²) in [4.78, 5) is 28.8. The molecule has 0 bridgehead atoms. The molecule has 9 nitrogen and oxygen atoms in total. The summed E-state index contributed by atoms with van der Waals surface area (Å²) in [6.07, 6.45) is 0.748. The minimum Gasteiger partial charge on any atom is -0.497 e. The van der Waals surface area contributed by atoms with Gasteiger partial charge in [-0.25, -0.2) is 9.67 Å². The summed E-state index contributed by atoms with van der Waals surface area (Å²) >= 11 is 0. The van der Waals surface area contributed by atoms with Crippen LogP contribution >= 0.6 is 0 Å². The number of carbonyl (C=O) groups excluding carboxylic acids is 2. The highest BCUT2D eigenvalue weighted by atomic mass is 16.5. The van der Waals surface area contributed by atoms with Crippen molar-refractivity contribution in [2.45, 2.75) is 33.6 Å². The summed E-state index contributed by atoms with van der Waals surface area (Å²) in [5.41, 5.74) is 4.58. The molecule has 0 unspecified atom stereocenters. The molecule has 31 heavy (non-hydrogen) atoms. The predicted molar refractivity (Wildman–Crippen MR) is 119 cm³/mol. The van der Waals surface area contributed by atoms with Crippen LogP contribution in [-0.4, -0.2) is 40.8 Å². The Hall–Kier alpha value is -3.62. The molecule has 0 saturated heterocycles. The van der Waals surface area contributed by atoms with Crippen LogP contribution in [0.5, 0.6) is 11.6 Å². The third-order valence-electron chi connectivity index (χ3n) is 5.13. The fraction of sp³-hybridized carbons (Fsp3) is 0.364. The van der Waals surface area contributed by atoms with E-state index in [1.807, 2.05) is 20.9 Å². The summed E-state index contributed by atoms with van der Waals surface area (Å²) in [6.45, 7) is 5.33. The molecule has 2 N–H and O–H groups in total. The Balaban J connectivity index is 1.82. The first-order valence-corrected chi connectivity index (χ1v) is 9.87. The van der Waals surface area contributed by atoms with Crippen LogP contribution in [0.15, 0.2) is 18.2 Å². The number of methoxy groups -OCH3 is 2. The second-order valence-corrected chi connectivity index (χ2v) is 7.27. The van der Waals surface area contributed by atoms with Gasteiger partial charge in [0, 0.05) is 32.2 Å². The van der Waals surface area contributed by atoms with Crippen LogP contribution in [0.3, 0.4) is 0 Å². The van der Waals surface area contributed by atoms with Gasteiger partial charge in [-0.3, -0.25) is 9.59 Å². The highest BCUT2D eigenvalue weighted by Crippen LogP contribution is 2.31. The number of fused-ring (bicyclic) bond motifs is 1. The Kier molecular flexibility index (Phi) is 6.43. The Bertz CT molecular complexity index is 1150. The van der Waals surface area contributed by atoms with Crippen molar-refractivity contribution in [3.63, 3.8) is 0 Å². The molecule has 164 valence electrons. The molecule has 0 spiro atoms. The number of hydrogen-bond donors (Lipinski definition) is 2. The van der Waals surface area contributed by atoms with Gasteiger partial charge >= 0.3 is 0 Å². The fourth-order valence-electron chi connectivity index (χ4n) is 3.61. The van der Waals surface area contributed by atoms with Crippen molar-refractivity contribution in [1.82, 2.24) is 14.8 Å². The first kappa shape index (κ1) is 22.1. The quantitative estimate of drug-likeness (QED) is 0.602. The minimum atomic E-state index is -0.225. The van der Waals surface area contributed by atoms with Crippen LogP contribution in [0.1, 0.15) is 30.2 Å². The lowest BCUT2D eigenvalue weighted by Gasteiger charge is -2.14. The molecule has 0 fully saturated rings. The maximum atomic E-state index is 12.7. The number of ether oxygens (including phenoxy) is 2. The molecule has 3 rings (SSSR count). The Morgan fingerprint density at radius 2 is 1.84 bits per heavy atom. The van der Waals surface area contributed by atoms with E-state index in [0.717, 1.165) is 27.9 Å². The van der Waals surface area contributed by atoms with E-state index in [1.54, 1.807) is 37.1 Å². The van der Waals surface area contributed by atoms with Gasteiger partial charge in [-0.05, 0) is 43.5 Å². The van der Waals surface area contributed by atoms with Crippen LogP contribution in [0, 0.1) is 13.8 Å². The highest BCUT2D eigenvalue weighted by Gasteiger charge is 2.19. The summed E-state index contributed by atoms with van der Waals surface area (Å²) in [7, 11) is 4.94. The Labute approximate surface area is 180 Å². The minimum absolute atomic E-state index is 0.183. The van der Waals surface area contributed by atoms with E-state index in [4.69, 9.17) is 9.47 Å². The third kappa shape index (κ3) is 4.60. The molecule has 2 aromatic heterocycles. The molecule has 2 heterocycles. The van der Waals surface area contributed by atoms with Gasteiger partial charge in [-0.15, -0.1) is 5.10 Å². The summed E-state index contributed by atoms with van der Waals surface area (Å²) in [6, 6.07) is 5.08. The van der Waals surface area contributed by atoms with E-state index in [-0.39, 0.29) is 18.2 Å². The van der Waals surface area contributed by atoms with E-state index in [1.165, 1.54) is 6.92 Å². The van der Waals surface area contributed by atoms with Crippen molar-refractivity contribution < 1.29 is 19.1 Å². The number of rotatable bonds is 7. The monoisotopic (exact) mass is 425 g/mol. The molecule has 1 aromatic carbocycles. The number of carbonyl (C=O) groups is 2. The number of pyridine rings is 1. The molecule has 0 aliphatic carbocycles. The fourth-order valence-corrected chi connectivity index (χ4v) is 3.61. The number of aryl methyl sites for hydroxylation is 3. The number of benzene rings is 1. The molecule has 0 atom stereocenters. The number of anilines is 2. The van der Waals surface area contributed by atoms with Gasteiger partial charge in [-0.1, -0.05) is 0 Å². The molecule has 3 aromatic rings. The average molecular weight is 425 g/mol. The second-order valence-electron chi connectivity index (χ2n) is 7.27. The van der Waals surface area contributed by atoms with E-state index < -0.39 is 0 Å². The van der Waals surface area contributed by atoms with Crippen molar-refractivity contribution in [3.8, 4) is 11.6 Å². The molecule has 0 aliphatic heterocycles. The number of amides is 2. The zero-order valence-corrected chi connectivity index (χ0v) is 18.6. The maximum Gasteiger partial charge on any atom is 0.242 e. The standard InChI is InChI=1S/C22H27N5O4/c1-12-16(13(2)23-21-20(12)22(31-6)26-27(21)4)8-10-19(29)25-18-11-15(30-5)7-9-17(18)24-14(3)28/h7,9,11H,8,10H2,1-6H3,(H,24,28)(H,25,29). The third-order valence-corrected chi connectivity index (χ3v) is 5.13. The lowest BCUT2D eigenvalue weighted by atomic mass is 10.00. The summed E-state index contributed by atoms with van der Waals surface area (Å²) in [5, 5.41) is 10.8. The molecule has 9 heteroatoms. The maximum absolute atomic E-state index is 12.7. The zero-order chi connectivity index (χ0) is 22.7. The van der Waals surface area contributed by atoms with Gasteiger partial charge in [-0.2, -0.15) is 0 Å². The van der Waals surface area contributed by atoms with E-state index >= 15 is 0 Å². The first-order chi connectivity index (χ1) is 14.7. The lowest BCUT2D eigenvalue weighted by molar-refractivity contribution is -0.116. The number of hydrogen-bond acceptors (Lipinski definition) is 6. The zero-order valence-electron chi connectivity index (χ0n) is 18.6. The second kappa shape index (κ2) is 9.03. The number of aromatic nitrogens is 3. The van der Waals surface area contributed by atoms with Crippen molar-refractivity contribution in [1.29, 1.82) is 0 Å². The van der Waals surface area contributed by atoms with Gasteiger partial charge in [0.05, 0.1) is 31.0 Å². The summed E-state index contributed by atoms with van der Waals surface area (Å²) in [5.74, 6) is 0.688. The Morgan fingerprint density at radius 3 is 2.48 bits per heavy atom. The van der Waals surface area contributed by atoms with Crippen LogP contribution in [-0.2, 0) is 23.1 Å². The van der Waals surface area contributed by atoms with Crippen molar-refractivity contribution >= 4 is 34.2 Å². The van der Waals surface area contributed by atoms with Crippen LogP contribution in [0.4, 0.5) is 11.4 Å². The topological polar surface area (TPSA) is 107 Å². The van der Waals surface area contributed by atoms with Gasteiger partial charge < -0.3 is 20.1 Å². The van der Waals surface area contributed by atoms with Crippen molar-refractivity contribution in [2.75, 3.05) is 24.9 Å². The number of nitrogens with zero attached hydrogens (tertiary/aromatic N) is 3. The van der Waals surface area contributed by atoms with Gasteiger partial charge in [0.15, 0.2) is 5.65 Å². The summed E-state index contributed by atoms with van der Waals surface area (Å²) < 4.78 is 12.3. The van der Waals surface area contributed by atoms with Crippen LogP contribution in [0.25, 0.3) is 11.0 Å². The lowest BCUT2D eigenvalue weighted by Crippen LogP contribution is -2.16. The largest absolute Gasteiger partial charge is 0.497 e. The van der Waals surface area contributed by atoms with Crippen LogP contribution in [0.2, 0.25) is 0 Å². The van der Waals surface area contributed by atoms with Gasteiger partial charge in [0.2, 0.25) is 17.7 Å². The Morgan fingerprint density at radius 1 is 1.10 bits per heavy atom. The smallest absolute Gasteiger partial charge is 0.242 e. The first-order valence-electron chi connectivity index (χ1n) is 9.87. The van der Waals surface area contributed by atoms with Gasteiger partial charge in [0.1, 0.15) is 5.75 Å². The average Bonchev–Trinajstić information content (AvgIpc) is 3.04. The molecule has 0 saturated carbocycles. The van der Waals surface area contributed by atoms with Crippen molar-refractivity contribution in [2.24, 2.45) is 7.05 Å². The molecule has 2 amide bonds. The van der Waals surface area contributed by atoms with E-state index in [0.29, 0.717) is 29.4 Å².